The maximum Gasteiger partial charge on any atom is 0.0466 e. The van der Waals surface area contributed by atoms with E-state index in [1.807, 2.05) is 27.7 Å². The van der Waals surface area contributed by atoms with E-state index in [9.17, 15) is 0 Å². The van der Waals surface area contributed by atoms with Gasteiger partial charge in [0.1, 0.15) is 0 Å². The van der Waals surface area contributed by atoms with Crippen molar-refractivity contribution in [2.45, 2.75) is 88.0 Å². The molecule has 1 aliphatic heterocycles. The lowest BCUT2D eigenvalue weighted by Crippen LogP contribution is -1.85. The molecule has 2 fully saturated rings. The standard InChI is InChI=1S/C6H12.C4H8O.C4H10.2C2H6/c1-5(2)6-3-4-6;1-2-4-5-3-1;1-4(2)3;2*1-2/h5-6H,3-4H2,1-2H3;1-4H2;4H,1-3H3;2*1-2H3. The molecule has 19 heavy (non-hydrogen) atoms. The van der Waals surface area contributed by atoms with E-state index < -0.39 is 0 Å². The molecule has 0 unspecified atom stereocenters. The van der Waals surface area contributed by atoms with Gasteiger partial charge in [-0.15, -0.1) is 0 Å². The fourth-order valence-electron chi connectivity index (χ4n) is 1.27. The van der Waals surface area contributed by atoms with Crippen LogP contribution in [0.4, 0.5) is 0 Å². The maximum atomic E-state index is 4.94. The lowest BCUT2D eigenvalue weighted by molar-refractivity contribution is 0.198. The maximum absolute atomic E-state index is 4.94. The Kier molecular flexibility index (Phi) is 25.6. The van der Waals surface area contributed by atoms with Gasteiger partial charge in [0.25, 0.3) is 0 Å². The third-order valence-electron chi connectivity index (χ3n) is 2.39. The van der Waals surface area contributed by atoms with E-state index in [0.29, 0.717) is 0 Å². The van der Waals surface area contributed by atoms with Gasteiger partial charge in [0, 0.05) is 13.2 Å². The molecule has 1 aliphatic carbocycles. The molecule has 0 radical (unpaired) electrons. The topological polar surface area (TPSA) is 9.23 Å². The van der Waals surface area contributed by atoms with E-state index in [1.165, 1.54) is 25.7 Å². The van der Waals surface area contributed by atoms with Gasteiger partial charge in [-0.1, -0.05) is 62.3 Å². The smallest absolute Gasteiger partial charge is 0.0466 e. The largest absolute Gasteiger partial charge is 0.381 e. The minimum Gasteiger partial charge on any atom is -0.381 e. The summed E-state index contributed by atoms with van der Waals surface area (Å²) in [5.41, 5.74) is 0. The van der Waals surface area contributed by atoms with Crippen LogP contribution >= 0.6 is 0 Å². The molecule has 0 atom stereocenters. The van der Waals surface area contributed by atoms with Gasteiger partial charge < -0.3 is 4.74 Å². The summed E-state index contributed by atoms with van der Waals surface area (Å²) in [7, 11) is 0. The van der Waals surface area contributed by atoms with Crippen LogP contribution < -0.4 is 0 Å². The molecular weight excluding hydrogens is 232 g/mol. The first-order chi connectivity index (χ1) is 9.04. The Hall–Kier alpha value is -0.0400. The third kappa shape index (κ3) is 32.0. The second-order valence-corrected chi connectivity index (χ2v) is 5.63. The van der Waals surface area contributed by atoms with Crippen molar-refractivity contribution < 1.29 is 4.74 Å². The van der Waals surface area contributed by atoms with Crippen molar-refractivity contribution in [1.29, 1.82) is 0 Å². The van der Waals surface area contributed by atoms with Gasteiger partial charge in [0.2, 0.25) is 0 Å². The van der Waals surface area contributed by atoms with E-state index in [4.69, 9.17) is 4.74 Å². The van der Waals surface area contributed by atoms with E-state index in [2.05, 4.69) is 34.6 Å². The van der Waals surface area contributed by atoms with Crippen molar-refractivity contribution in [1.82, 2.24) is 0 Å². The first-order valence-corrected chi connectivity index (χ1v) is 8.61. The van der Waals surface area contributed by atoms with Crippen LogP contribution in [0, 0.1) is 17.8 Å². The van der Waals surface area contributed by atoms with Gasteiger partial charge >= 0.3 is 0 Å². The summed E-state index contributed by atoms with van der Waals surface area (Å²) in [6, 6.07) is 0. The van der Waals surface area contributed by atoms with Crippen LogP contribution in [0.3, 0.4) is 0 Å². The Morgan fingerprint density at radius 1 is 0.737 bits per heavy atom. The summed E-state index contributed by atoms with van der Waals surface area (Å²) in [6.07, 6.45) is 5.55. The summed E-state index contributed by atoms with van der Waals surface area (Å²) < 4.78 is 4.94. The van der Waals surface area contributed by atoms with E-state index in [0.717, 1.165) is 31.0 Å². The summed E-state index contributed by atoms with van der Waals surface area (Å²) in [4.78, 5) is 0. The molecule has 0 amide bonds. The van der Waals surface area contributed by atoms with Crippen LogP contribution in [-0.4, -0.2) is 13.2 Å². The molecule has 0 aromatic heterocycles. The van der Waals surface area contributed by atoms with Crippen molar-refractivity contribution in [3.63, 3.8) is 0 Å². The van der Waals surface area contributed by atoms with Gasteiger partial charge in [-0.2, -0.15) is 0 Å². The quantitative estimate of drug-likeness (QED) is 0.526. The number of hydrogen-bond donors (Lipinski definition) is 0. The normalized spacial score (nSPS) is 15.9. The van der Waals surface area contributed by atoms with Gasteiger partial charge in [0.05, 0.1) is 0 Å². The first kappa shape index (κ1) is 24.0. The fourth-order valence-corrected chi connectivity index (χ4v) is 1.27. The highest BCUT2D eigenvalue weighted by molar-refractivity contribution is 4.75. The lowest BCUT2D eigenvalue weighted by Gasteiger charge is -1.94. The van der Waals surface area contributed by atoms with Gasteiger partial charge in [0.15, 0.2) is 0 Å². The molecule has 1 saturated heterocycles. The molecule has 0 N–H and O–H groups in total. The highest BCUT2D eigenvalue weighted by Gasteiger charge is 2.23. The zero-order chi connectivity index (χ0) is 15.7. The minimum absolute atomic E-state index is 0.833. The SMILES string of the molecule is C1CCOC1.CC.CC.CC(C)C.CC(C)C1CC1. The van der Waals surface area contributed by atoms with Crippen molar-refractivity contribution in [2.24, 2.45) is 17.8 Å². The number of hydrogen-bond acceptors (Lipinski definition) is 1. The van der Waals surface area contributed by atoms with Crippen molar-refractivity contribution >= 4 is 0 Å². The fraction of sp³-hybridized carbons (Fsp3) is 1.00. The van der Waals surface area contributed by atoms with Crippen LogP contribution in [0.1, 0.15) is 88.0 Å². The van der Waals surface area contributed by atoms with Crippen molar-refractivity contribution in [3.8, 4) is 0 Å². The molecule has 0 spiro atoms. The minimum atomic E-state index is 0.833. The Morgan fingerprint density at radius 3 is 1.11 bits per heavy atom. The van der Waals surface area contributed by atoms with Crippen LogP contribution in [-0.2, 0) is 4.74 Å². The average molecular weight is 275 g/mol. The molecule has 2 aliphatic rings. The Balaban J connectivity index is -0.000000182. The van der Waals surface area contributed by atoms with Crippen molar-refractivity contribution in [2.75, 3.05) is 13.2 Å². The summed E-state index contributed by atoms with van der Waals surface area (Å²) >= 11 is 0. The Bertz CT molecular complexity index is 111. The molecule has 0 aromatic rings. The Morgan fingerprint density at radius 2 is 1.05 bits per heavy atom. The molecule has 0 aromatic carbocycles. The Labute approximate surface area is 124 Å². The molecule has 1 heteroatoms. The van der Waals surface area contributed by atoms with Crippen LogP contribution in [0.2, 0.25) is 0 Å². The van der Waals surface area contributed by atoms with Crippen molar-refractivity contribution in [3.05, 3.63) is 0 Å². The zero-order valence-electron chi connectivity index (χ0n) is 15.4. The van der Waals surface area contributed by atoms with E-state index in [-0.39, 0.29) is 0 Å². The highest BCUT2D eigenvalue weighted by atomic mass is 16.5. The lowest BCUT2D eigenvalue weighted by atomic mass is 10.1. The van der Waals surface area contributed by atoms with Crippen LogP contribution in [0.5, 0.6) is 0 Å². The molecule has 120 valence electrons. The molecular formula is C18H42O. The number of ether oxygens (including phenoxy) is 1. The second-order valence-electron chi connectivity index (χ2n) is 5.63. The van der Waals surface area contributed by atoms with Crippen LogP contribution in [0.25, 0.3) is 0 Å². The second kappa shape index (κ2) is 20.3. The average Bonchev–Trinajstić information content (AvgIpc) is 3.08. The first-order valence-electron chi connectivity index (χ1n) is 8.61. The predicted molar refractivity (Wildman–Crippen MR) is 90.8 cm³/mol. The highest BCUT2D eigenvalue weighted by Crippen LogP contribution is 2.35. The predicted octanol–water partition coefficient (Wildman–Crippen LogP) is 6.56. The molecule has 0 bridgehead atoms. The van der Waals surface area contributed by atoms with Gasteiger partial charge in [-0.05, 0) is 43.4 Å². The van der Waals surface area contributed by atoms with Gasteiger partial charge in [-0.3, -0.25) is 0 Å². The number of rotatable bonds is 1. The summed E-state index contributed by atoms with van der Waals surface area (Å²) in [5.74, 6) is 2.90. The molecule has 2 rings (SSSR count). The van der Waals surface area contributed by atoms with E-state index in [1.54, 1.807) is 0 Å². The molecule has 1 saturated carbocycles. The zero-order valence-corrected chi connectivity index (χ0v) is 15.4. The monoisotopic (exact) mass is 274 g/mol. The summed E-state index contributed by atoms with van der Waals surface area (Å²) in [6.45, 7) is 21.1. The van der Waals surface area contributed by atoms with E-state index >= 15 is 0 Å². The third-order valence-corrected chi connectivity index (χ3v) is 2.39. The molecule has 1 heterocycles. The van der Waals surface area contributed by atoms with Crippen LogP contribution in [0.15, 0.2) is 0 Å². The van der Waals surface area contributed by atoms with Gasteiger partial charge in [-0.25, -0.2) is 0 Å². The molecule has 1 nitrogen and oxygen atoms in total. The summed E-state index contributed by atoms with van der Waals surface area (Å²) in [5, 5.41) is 0.